The summed E-state index contributed by atoms with van der Waals surface area (Å²) in [5, 5.41) is 0. The molecule has 0 amide bonds. The first kappa shape index (κ1) is 40.7. The maximum atomic E-state index is 12.4. The standard InChI is InChI=1S/C53H48O8/c1-38(54)55-37-46-49(58-34-41-21-11-4-12-22-41)31-48(57-33-40-19-9-3-10-20-40)45-30-51(60-36-43-25-15-6-16-26-43)52(61-53(45)46)44-27-28-47(56-32-39-17-7-2-8-18-39)50(29-44)59-35-42-23-13-5-14-24-42/h2-29,31,51-52H,30,32-37H2,1H3/t51-,52+/m0/s1. The van der Waals surface area contributed by atoms with Crippen LogP contribution in [-0.4, -0.2) is 12.1 Å². The van der Waals surface area contributed by atoms with Gasteiger partial charge in [-0.15, -0.1) is 0 Å². The van der Waals surface area contributed by atoms with Crippen LogP contribution in [0.4, 0.5) is 0 Å². The highest BCUT2D eigenvalue weighted by molar-refractivity contribution is 5.67. The monoisotopic (exact) mass is 812 g/mol. The van der Waals surface area contributed by atoms with Crippen LogP contribution in [0.2, 0.25) is 0 Å². The van der Waals surface area contributed by atoms with Gasteiger partial charge in [-0.1, -0.05) is 158 Å². The smallest absolute Gasteiger partial charge is 0.302 e. The molecule has 0 radical (unpaired) electrons. The number of rotatable bonds is 18. The zero-order valence-corrected chi connectivity index (χ0v) is 34.1. The summed E-state index contributed by atoms with van der Waals surface area (Å²) in [5.41, 5.74) is 7.30. The summed E-state index contributed by atoms with van der Waals surface area (Å²) in [4.78, 5) is 12.4. The van der Waals surface area contributed by atoms with Crippen molar-refractivity contribution in [1.29, 1.82) is 0 Å². The lowest BCUT2D eigenvalue weighted by atomic mass is 9.91. The molecule has 1 aliphatic heterocycles. The number of carbonyl (C=O) groups excluding carboxylic acids is 1. The molecule has 0 aliphatic carbocycles. The van der Waals surface area contributed by atoms with Crippen LogP contribution >= 0.6 is 0 Å². The van der Waals surface area contributed by atoms with Crippen LogP contribution in [0.1, 0.15) is 57.5 Å². The average Bonchev–Trinajstić information content (AvgIpc) is 3.31. The third-order valence-electron chi connectivity index (χ3n) is 10.4. The van der Waals surface area contributed by atoms with Crippen molar-refractivity contribution < 1.29 is 38.0 Å². The third-order valence-corrected chi connectivity index (χ3v) is 10.4. The van der Waals surface area contributed by atoms with Crippen LogP contribution in [0.15, 0.2) is 176 Å². The topological polar surface area (TPSA) is 81.7 Å². The van der Waals surface area contributed by atoms with Crippen molar-refractivity contribution in [2.75, 3.05) is 0 Å². The zero-order chi connectivity index (χ0) is 41.6. The van der Waals surface area contributed by atoms with E-state index >= 15 is 0 Å². The third kappa shape index (κ3) is 11.0. The number of benzene rings is 7. The quantitative estimate of drug-likeness (QED) is 0.0793. The van der Waals surface area contributed by atoms with E-state index in [1.54, 1.807) is 0 Å². The van der Waals surface area contributed by atoms with E-state index in [0.717, 1.165) is 38.9 Å². The second kappa shape index (κ2) is 20.3. The van der Waals surface area contributed by atoms with Crippen LogP contribution in [-0.2, 0) is 60.3 Å². The Morgan fingerprint density at radius 2 is 0.934 bits per heavy atom. The fourth-order valence-corrected chi connectivity index (χ4v) is 7.20. The van der Waals surface area contributed by atoms with E-state index in [1.807, 2.05) is 176 Å². The van der Waals surface area contributed by atoms with Crippen molar-refractivity contribution >= 4 is 5.97 Å². The first-order chi connectivity index (χ1) is 30.1. The van der Waals surface area contributed by atoms with E-state index in [9.17, 15) is 4.79 Å². The van der Waals surface area contributed by atoms with Crippen LogP contribution in [0.25, 0.3) is 0 Å². The van der Waals surface area contributed by atoms with E-state index < -0.39 is 18.2 Å². The Bertz CT molecular complexity index is 2460. The van der Waals surface area contributed by atoms with E-state index in [1.165, 1.54) is 6.92 Å². The molecule has 308 valence electrons. The van der Waals surface area contributed by atoms with Crippen LogP contribution in [0.3, 0.4) is 0 Å². The van der Waals surface area contributed by atoms with Gasteiger partial charge in [0, 0.05) is 25.0 Å². The van der Waals surface area contributed by atoms with Crippen LogP contribution < -0.4 is 23.7 Å². The predicted molar refractivity (Wildman–Crippen MR) is 234 cm³/mol. The number of carbonyl (C=O) groups is 1. The van der Waals surface area contributed by atoms with Crippen molar-refractivity contribution in [3.63, 3.8) is 0 Å². The van der Waals surface area contributed by atoms with Gasteiger partial charge < -0.3 is 33.2 Å². The van der Waals surface area contributed by atoms with E-state index in [-0.39, 0.29) is 13.2 Å². The average molecular weight is 813 g/mol. The van der Waals surface area contributed by atoms with Gasteiger partial charge in [-0.3, -0.25) is 4.79 Å². The molecule has 0 spiro atoms. The van der Waals surface area contributed by atoms with Gasteiger partial charge in [-0.2, -0.15) is 0 Å². The van der Waals surface area contributed by atoms with Crippen molar-refractivity contribution in [1.82, 2.24) is 0 Å². The lowest BCUT2D eigenvalue weighted by Gasteiger charge is -2.36. The molecule has 0 saturated heterocycles. The number of hydrogen-bond donors (Lipinski definition) is 0. The molecular weight excluding hydrogens is 765 g/mol. The van der Waals surface area contributed by atoms with E-state index in [2.05, 4.69) is 0 Å². The number of fused-ring (bicyclic) bond motifs is 1. The van der Waals surface area contributed by atoms with Gasteiger partial charge in [0.2, 0.25) is 0 Å². The Kier molecular flexibility index (Phi) is 13.5. The number of ether oxygens (including phenoxy) is 7. The molecule has 0 unspecified atom stereocenters. The Hall–Kier alpha value is -7.03. The minimum absolute atomic E-state index is 0.0687. The molecule has 61 heavy (non-hydrogen) atoms. The fourth-order valence-electron chi connectivity index (χ4n) is 7.20. The molecule has 8 rings (SSSR count). The van der Waals surface area contributed by atoms with Gasteiger partial charge in [0.15, 0.2) is 17.6 Å². The van der Waals surface area contributed by atoms with Crippen molar-refractivity contribution in [2.24, 2.45) is 0 Å². The van der Waals surface area contributed by atoms with E-state index in [4.69, 9.17) is 33.2 Å². The Balaban J connectivity index is 1.20. The molecule has 8 heteroatoms. The molecule has 0 bridgehead atoms. The predicted octanol–water partition coefficient (Wildman–Crippen LogP) is 11.3. The van der Waals surface area contributed by atoms with Gasteiger partial charge >= 0.3 is 5.97 Å². The van der Waals surface area contributed by atoms with Gasteiger partial charge in [0.05, 0.1) is 12.2 Å². The Morgan fingerprint density at radius 1 is 0.492 bits per heavy atom. The molecule has 8 nitrogen and oxygen atoms in total. The summed E-state index contributed by atoms with van der Waals surface area (Å²) < 4.78 is 45.8. The zero-order valence-electron chi connectivity index (χ0n) is 34.1. The molecule has 7 aromatic carbocycles. The second-order valence-electron chi connectivity index (χ2n) is 14.8. The summed E-state index contributed by atoms with van der Waals surface area (Å²) in [7, 11) is 0. The Morgan fingerprint density at radius 3 is 1.43 bits per heavy atom. The molecule has 0 aromatic heterocycles. The summed E-state index contributed by atoms with van der Waals surface area (Å²) in [6.45, 7) is 2.99. The SMILES string of the molecule is CC(=O)OCc1c(OCc2ccccc2)cc(OCc2ccccc2)c2c1O[C@H](c1ccc(OCc3ccccc3)c(OCc3ccccc3)c1)[C@@H](OCc1ccccc1)C2. The van der Waals surface area contributed by atoms with Crippen LogP contribution in [0, 0.1) is 0 Å². The summed E-state index contributed by atoms with van der Waals surface area (Å²) in [6.07, 6.45) is -0.668. The first-order valence-electron chi connectivity index (χ1n) is 20.5. The van der Waals surface area contributed by atoms with Gasteiger partial charge in [0.25, 0.3) is 0 Å². The maximum Gasteiger partial charge on any atom is 0.302 e. The van der Waals surface area contributed by atoms with Crippen molar-refractivity contribution in [3.8, 4) is 28.7 Å². The molecule has 0 saturated carbocycles. The number of esters is 1. The van der Waals surface area contributed by atoms with Gasteiger partial charge in [0.1, 0.15) is 56.4 Å². The van der Waals surface area contributed by atoms with Crippen molar-refractivity contribution in [2.45, 2.75) is 65.2 Å². The normalized spacial score (nSPS) is 14.2. The lowest BCUT2D eigenvalue weighted by molar-refractivity contribution is -0.142. The summed E-state index contributed by atoms with van der Waals surface area (Å²) in [6, 6.07) is 57.9. The largest absolute Gasteiger partial charge is 0.488 e. The molecule has 2 atom stereocenters. The minimum Gasteiger partial charge on any atom is -0.488 e. The second-order valence-corrected chi connectivity index (χ2v) is 14.8. The van der Waals surface area contributed by atoms with Crippen molar-refractivity contribution in [3.05, 3.63) is 220 Å². The van der Waals surface area contributed by atoms with Gasteiger partial charge in [-0.25, -0.2) is 0 Å². The van der Waals surface area contributed by atoms with Crippen LogP contribution in [0.5, 0.6) is 28.7 Å². The molecule has 0 fully saturated rings. The summed E-state index contributed by atoms with van der Waals surface area (Å²) >= 11 is 0. The highest BCUT2D eigenvalue weighted by Crippen LogP contribution is 2.48. The maximum absolute atomic E-state index is 12.4. The molecule has 1 aliphatic rings. The molecule has 1 heterocycles. The summed E-state index contributed by atoms with van der Waals surface area (Å²) in [5.74, 6) is 2.36. The Labute approximate surface area is 357 Å². The fraction of sp³-hybridized carbons (Fsp3) is 0.189. The molecular formula is C53H48O8. The van der Waals surface area contributed by atoms with Gasteiger partial charge in [-0.05, 0) is 45.5 Å². The lowest BCUT2D eigenvalue weighted by Crippen LogP contribution is -2.34. The molecule has 0 N–H and O–H groups in total. The highest BCUT2D eigenvalue weighted by Gasteiger charge is 2.38. The minimum atomic E-state index is -0.624. The molecule has 7 aromatic rings. The highest BCUT2D eigenvalue weighted by atomic mass is 16.6. The first-order valence-corrected chi connectivity index (χ1v) is 20.5. The number of hydrogen-bond acceptors (Lipinski definition) is 8. The van der Waals surface area contributed by atoms with E-state index in [0.29, 0.717) is 67.2 Å².